The van der Waals surface area contributed by atoms with Crippen molar-refractivity contribution >= 4 is 17.7 Å². The van der Waals surface area contributed by atoms with Crippen molar-refractivity contribution in [2.75, 3.05) is 6.26 Å². The monoisotopic (exact) mass is 383 g/mol. The predicted octanol–water partition coefficient (Wildman–Crippen LogP) is 4.80. The number of carbonyl (C=O) groups is 1. The summed E-state index contributed by atoms with van der Waals surface area (Å²) >= 11 is 1.55. The highest BCUT2D eigenvalue weighted by Gasteiger charge is 2.27. The summed E-state index contributed by atoms with van der Waals surface area (Å²) in [6.45, 7) is 4.01. The summed E-state index contributed by atoms with van der Waals surface area (Å²) in [6.07, 6.45) is 8.06. The molecule has 1 fully saturated rings. The van der Waals surface area contributed by atoms with E-state index in [1.54, 1.807) is 11.8 Å². The zero-order chi connectivity index (χ0) is 19.2. The molecule has 1 aromatic heterocycles. The molecule has 1 atom stereocenters. The van der Waals surface area contributed by atoms with Crippen LogP contribution in [0.25, 0.3) is 0 Å². The Bertz CT molecular complexity index is 749. The van der Waals surface area contributed by atoms with E-state index in [1.807, 2.05) is 26.2 Å². The number of aryl methyl sites for hydroxylation is 2. The van der Waals surface area contributed by atoms with E-state index in [1.165, 1.54) is 31.2 Å². The number of thioether (sulfide) groups is 1. The van der Waals surface area contributed by atoms with Gasteiger partial charge >= 0.3 is 0 Å². The maximum atomic E-state index is 12.7. The maximum absolute atomic E-state index is 12.7. The summed E-state index contributed by atoms with van der Waals surface area (Å²) in [5, 5.41) is 4.12. The van der Waals surface area contributed by atoms with Gasteiger partial charge < -0.3 is 5.32 Å². The van der Waals surface area contributed by atoms with Crippen LogP contribution in [0.5, 0.6) is 0 Å². The molecule has 1 aliphatic rings. The SMILES string of the molecule is CSc1nc(C)c(CCC(=O)NC(c2ccccc2)C2CCCC2)c(C)n1. The van der Waals surface area contributed by atoms with Crippen molar-refractivity contribution in [2.45, 2.75) is 63.6 Å². The molecule has 1 heterocycles. The lowest BCUT2D eigenvalue weighted by atomic mass is 9.91. The smallest absolute Gasteiger partial charge is 0.220 e. The second kappa shape index (κ2) is 9.36. The average molecular weight is 384 g/mol. The van der Waals surface area contributed by atoms with Crippen LogP contribution in [-0.2, 0) is 11.2 Å². The first-order valence-electron chi connectivity index (χ1n) is 9.81. The zero-order valence-corrected chi connectivity index (χ0v) is 17.3. The second-order valence-corrected chi connectivity index (χ2v) is 8.13. The van der Waals surface area contributed by atoms with Crippen LogP contribution in [0.1, 0.15) is 60.7 Å². The fraction of sp³-hybridized carbons (Fsp3) is 0.500. The van der Waals surface area contributed by atoms with Crippen LogP contribution in [0.3, 0.4) is 0 Å². The summed E-state index contributed by atoms with van der Waals surface area (Å²) in [5.41, 5.74) is 4.28. The van der Waals surface area contributed by atoms with Crippen LogP contribution in [-0.4, -0.2) is 22.1 Å². The van der Waals surface area contributed by atoms with Gasteiger partial charge in [0.1, 0.15) is 0 Å². The molecule has 0 bridgehead atoms. The molecule has 1 N–H and O–H groups in total. The van der Waals surface area contributed by atoms with E-state index in [2.05, 4.69) is 39.6 Å². The lowest BCUT2D eigenvalue weighted by Gasteiger charge is -2.25. The molecule has 5 heteroatoms. The van der Waals surface area contributed by atoms with Crippen LogP contribution in [0, 0.1) is 19.8 Å². The van der Waals surface area contributed by atoms with E-state index in [4.69, 9.17) is 0 Å². The van der Waals surface area contributed by atoms with E-state index in [0.717, 1.165) is 22.1 Å². The Kier molecular flexibility index (Phi) is 6.89. The summed E-state index contributed by atoms with van der Waals surface area (Å²) in [7, 11) is 0. The number of rotatable bonds is 7. The van der Waals surface area contributed by atoms with E-state index < -0.39 is 0 Å². The first-order valence-corrected chi connectivity index (χ1v) is 11.0. The van der Waals surface area contributed by atoms with Crippen LogP contribution in [0.2, 0.25) is 0 Å². The summed E-state index contributed by atoms with van der Waals surface area (Å²) in [6, 6.07) is 10.5. The number of hydrogen-bond acceptors (Lipinski definition) is 4. The van der Waals surface area contributed by atoms with E-state index >= 15 is 0 Å². The van der Waals surface area contributed by atoms with Gasteiger partial charge in [-0.2, -0.15) is 0 Å². The molecular formula is C22H29N3OS. The molecule has 1 aromatic carbocycles. The van der Waals surface area contributed by atoms with Crippen LogP contribution in [0.15, 0.2) is 35.5 Å². The Balaban J connectivity index is 1.66. The van der Waals surface area contributed by atoms with Gasteiger partial charge in [0.2, 0.25) is 5.91 Å². The van der Waals surface area contributed by atoms with Crippen molar-refractivity contribution in [3.8, 4) is 0 Å². The van der Waals surface area contributed by atoms with Gasteiger partial charge in [-0.05, 0) is 56.4 Å². The minimum absolute atomic E-state index is 0.114. The molecule has 1 unspecified atom stereocenters. The number of nitrogens with one attached hydrogen (secondary N) is 1. The Labute approximate surface area is 166 Å². The van der Waals surface area contributed by atoms with Crippen LogP contribution < -0.4 is 5.32 Å². The first-order chi connectivity index (χ1) is 13.1. The molecule has 27 heavy (non-hydrogen) atoms. The van der Waals surface area contributed by atoms with Crippen molar-refractivity contribution in [1.82, 2.24) is 15.3 Å². The van der Waals surface area contributed by atoms with E-state index in [0.29, 0.717) is 18.8 Å². The molecule has 4 nitrogen and oxygen atoms in total. The average Bonchev–Trinajstić information content (AvgIpc) is 3.20. The second-order valence-electron chi connectivity index (χ2n) is 7.36. The molecule has 144 valence electrons. The molecule has 0 spiro atoms. The fourth-order valence-corrected chi connectivity index (χ4v) is 4.53. The highest BCUT2D eigenvalue weighted by atomic mass is 32.2. The molecule has 0 aliphatic heterocycles. The van der Waals surface area contributed by atoms with Gasteiger partial charge in [0.05, 0.1) is 6.04 Å². The largest absolute Gasteiger partial charge is 0.349 e. The van der Waals surface area contributed by atoms with E-state index in [9.17, 15) is 4.79 Å². The third-order valence-corrected chi connectivity index (χ3v) is 6.08. The number of hydrogen-bond donors (Lipinski definition) is 1. The highest BCUT2D eigenvalue weighted by molar-refractivity contribution is 7.98. The molecule has 1 aliphatic carbocycles. The van der Waals surface area contributed by atoms with Gasteiger partial charge in [-0.3, -0.25) is 4.79 Å². The predicted molar refractivity (Wildman–Crippen MR) is 111 cm³/mol. The quantitative estimate of drug-likeness (QED) is 0.551. The normalized spacial score (nSPS) is 15.7. The van der Waals surface area contributed by atoms with Gasteiger partial charge in [-0.1, -0.05) is 54.9 Å². The third kappa shape index (κ3) is 5.10. The van der Waals surface area contributed by atoms with Crippen molar-refractivity contribution in [1.29, 1.82) is 0 Å². The van der Waals surface area contributed by atoms with Crippen LogP contribution >= 0.6 is 11.8 Å². The zero-order valence-electron chi connectivity index (χ0n) is 16.5. The molecule has 0 radical (unpaired) electrons. The number of carbonyl (C=O) groups excluding carboxylic acids is 1. The highest BCUT2D eigenvalue weighted by Crippen LogP contribution is 2.35. The standard InChI is InChI=1S/C22H29N3OS/c1-15-19(16(2)24-22(23-15)27-3)13-14-20(26)25-21(18-11-7-8-12-18)17-9-5-4-6-10-17/h4-6,9-10,18,21H,7-8,11-14H2,1-3H3,(H,25,26). The first kappa shape index (κ1) is 19.9. The van der Waals surface area contributed by atoms with Gasteiger partial charge in [0.25, 0.3) is 0 Å². The molecule has 1 saturated carbocycles. The minimum Gasteiger partial charge on any atom is -0.349 e. The molecule has 3 rings (SSSR count). The van der Waals surface area contributed by atoms with Gasteiger partial charge in [-0.25, -0.2) is 9.97 Å². The topological polar surface area (TPSA) is 54.9 Å². The Morgan fingerprint density at radius 3 is 2.37 bits per heavy atom. The van der Waals surface area contributed by atoms with Gasteiger partial charge in [0, 0.05) is 17.8 Å². The fourth-order valence-electron chi connectivity index (χ4n) is 4.07. The number of amides is 1. The lowest BCUT2D eigenvalue weighted by Crippen LogP contribution is -2.33. The maximum Gasteiger partial charge on any atom is 0.220 e. The van der Waals surface area contributed by atoms with Crippen LogP contribution in [0.4, 0.5) is 0 Å². The number of aromatic nitrogens is 2. The minimum atomic E-state index is 0.114. The van der Waals surface area contributed by atoms with Crippen molar-refractivity contribution in [3.05, 3.63) is 52.8 Å². The van der Waals surface area contributed by atoms with Gasteiger partial charge in [0.15, 0.2) is 5.16 Å². The lowest BCUT2D eigenvalue weighted by molar-refractivity contribution is -0.122. The van der Waals surface area contributed by atoms with Crippen molar-refractivity contribution < 1.29 is 4.79 Å². The number of benzene rings is 1. The summed E-state index contributed by atoms with van der Waals surface area (Å²) < 4.78 is 0. The number of nitrogens with zero attached hydrogens (tertiary/aromatic N) is 2. The molecule has 1 amide bonds. The molecule has 0 saturated heterocycles. The summed E-state index contributed by atoms with van der Waals surface area (Å²) in [4.78, 5) is 21.8. The Hall–Kier alpha value is -1.88. The molecular weight excluding hydrogens is 354 g/mol. The van der Waals surface area contributed by atoms with Gasteiger partial charge in [-0.15, -0.1) is 0 Å². The van der Waals surface area contributed by atoms with Crippen molar-refractivity contribution in [2.24, 2.45) is 5.92 Å². The molecule has 2 aromatic rings. The van der Waals surface area contributed by atoms with E-state index in [-0.39, 0.29) is 11.9 Å². The van der Waals surface area contributed by atoms with Crippen molar-refractivity contribution in [3.63, 3.8) is 0 Å². The Morgan fingerprint density at radius 2 is 1.78 bits per heavy atom. The summed E-state index contributed by atoms with van der Waals surface area (Å²) in [5.74, 6) is 0.660. The Morgan fingerprint density at radius 1 is 1.15 bits per heavy atom. The third-order valence-electron chi connectivity index (χ3n) is 5.53.